The van der Waals surface area contributed by atoms with Gasteiger partial charge >= 0.3 is 0 Å². The number of nitrogens with one attached hydrogen (secondary N) is 2. The zero-order valence-electron chi connectivity index (χ0n) is 17.4. The number of thioether (sulfide) groups is 1. The number of aliphatic imine (C=N–C) groups is 1. The maximum Gasteiger partial charge on any atom is 0.234 e. The molecule has 6 nitrogen and oxygen atoms in total. The van der Waals surface area contributed by atoms with Gasteiger partial charge in [-0.05, 0) is 43.9 Å². The molecule has 1 saturated carbocycles. The highest BCUT2D eigenvalue weighted by Crippen LogP contribution is 2.39. The van der Waals surface area contributed by atoms with Crippen LogP contribution in [-0.2, 0) is 4.79 Å². The number of fused-ring (bicyclic) bond motifs is 1. The molecule has 2 aromatic carbocycles. The lowest BCUT2D eigenvalue weighted by molar-refractivity contribution is -0.113. The Morgan fingerprint density at radius 2 is 1.93 bits per heavy atom. The first kappa shape index (κ1) is 20.6. The lowest BCUT2D eigenvalue weighted by Crippen LogP contribution is -2.42. The van der Waals surface area contributed by atoms with Gasteiger partial charge in [0.1, 0.15) is 22.2 Å². The van der Waals surface area contributed by atoms with E-state index in [9.17, 15) is 4.79 Å². The fourth-order valence-corrected chi connectivity index (χ4v) is 4.93. The summed E-state index contributed by atoms with van der Waals surface area (Å²) in [5, 5.41) is 7.54. The summed E-state index contributed by atoms with van der Waals surface area (Å²) < 4.78 is 10.6. The Labute approximate surface area is 181 Å². The summed E-state index contributed by atoms with van der Waals surface area (Å²) in [6.07, 6.45) is 5.67. The minimum Gasteiger partial charge on any atom is -0.497 e. The van der Waals surface area contributed by atoms with Crippen LogP contribution in [0.25, 0.3) is 0 Å². The Kier molecular flexibility index (Phi) is 6.18. The van der Waals surface area contributed by atoms with Crippen LogP contribution >= 0.6 is 11.8 Å². The van der Waals surface area contributed by atoms with Crippen LogP contribution in [0.5, 0.6) is 11.5 Å². The highest BCUT2D eigenvalue weighted by molar-refractivity contribution is 8.15. The number of benzene rings is 2. The van der Waals surface area contributed by atoms with Gasteiger partial charge in [-0.25, -0.2) is 4.99 Å². The van der Waals surface area contributed by atoms with E-state index in [4.69, 9.17) is 14.5 Å². The number of hydrogen-bond acceptors (Lipinski definition) is 6. The lowest BCUT2D eigenvalue weighted by atomic mass is 9.88. The van der Waals surface area contributed by atoms with Gasteiger partial charge in [-0.3, -0.25) is 4.79 Å². The zero-order valence-corrected chi connectivity index (χ0v) is 18.2. The Balaban J connectivity index is 1.48. The predicted molar refractivity (Wildman–Crippen MR) is 123 cm³/mol. The Morgan fingerprint density at radius 1 is 1.13 bits per heavy atom. The molecule has 30 heavy (non-hydrogen) atoms. The average Bonchev–Trinajstić information content (AvgIpc) is 2.78. The van der Waals surface area contributed by atoms with Gasteiger partial charge in [0, 0.05) is 17.3 Å². The Morgan fingerprint density at radius 3 is 2.70 bits per heavy atom. The van der Waals surface area contributed by atoms with Gasteiger partial charge in [0.05, 0.1) is 25.7 Å². The fourth-order valence-electron chi connectivity index (χ4n) is 4.02. The molecule has 1 fully saturated rings. The number of rotatable bonds is 5. The summed E-state index contributed by atoms with van der Waals surface area (Å²) >= 11 is 1.49. The van der Waals surface area contributed by atoms with Crippen LogP contribution in [0.1, 0.15) is 37.7 Å². The van der Waals surface area contributed by atoms with E-state index in [1.165, 1.54) is 31.0 Å². The van der Waals surface area contributed by atoms with Crippen molar-refractivity contribution in [3.63, 3.8) is 0 Å². The van der Waals surface area contributed by atoms with Crippen LogP contribution < -0.4 is 20.1 Å². The summed E-state index contributed by atoms with van der Waals surface area (Å²) in [5.74, 6) is 1.43. The number of anilines is 2. The van der Waals surface area contributed by atoms with E-state index in [1.807, 2.05) is 12.1 Å². The summed E-state index contributed by atoms with van der Waals surface area (Å²) in [6, 6.07) is 13.6. The number of nitrogens with zero attached hydrogens (tertiary/aromatic N) is 1. The maximum absolute atomic E-state index is 12.7. The first-order valence-corrected chi connectivity index (χ1v) is 11.2. The van der Waals surface area contributed by atoms with Crippen LogP contribution in [0.4, 0.5) is 11.4 Å². The van der Waals surface area contributed by atoms with Crippen LogP contribution in [0.3, 0.4) is 0 Å². The number of hydrogen-bond donors (Lipinski definition) is 2. The summed E-state index contributed by atoms with van der Waals surface area (Å²) in [4.78, 5) is 17.8. The number of amides is 1. The number of para-hydroxylation sites is 1. The van der Waals surface area contributed by atoms with E-state index >= 15 is 0 Å². The van der Waals surface area contributed by atoms with Crippen molar-refractivity contribution in [2.45, 2.75) is 37.8 Å². The van der Waals surface area contributed by atoms with Crippen molar-refractivity contribution < 1.29 is 14.3 Å². The van der Waals surface area contributed by atoms with Gasteiger partial charge in [-0.1, -0.05) is 36.4 Å². The van der Waals surface area contributed by atoms with Crippen LogP contribution in [0, 0.1) is 0 Å². The minimum absolute atomic E-state index is 0.0973. The van der Waals surface area contributed by atoms with Crippen molar-refractivity contribution in [2.75, 3.05) is 30.6 Å². The molecule has 4 rings (SSSR count). The lowest BCUT2D eigenvalue weighted by Gasteiger charge is -2.39. The van der Waals surface area contributed by atoms with Gasteiger partial charge < -0.3 is 20.1 Å². The van der Waals surface area contributed by atoms with E-state index in [0.717, 1.165) is 29.1 Å². The molecular weight excluding hydrogens is 398 g/mol. The van der Waals surface area contributed by atoms with E-state index < -0.39 is 0 Å². The molecular formula is C23H27N3O3S. The molecule has 1 amide bonds. The van der Waals surface area contributed by atoms with Gasteiger partial charge in [-0.2, -0.15) is 0 Å². The number of ether oxygens (including phenoxy) is 2. The zero-order chi connectivity index (χ0) is 21.0. The smallest absolute Gasteiger partial charge is 0.234 e. The monoisotopic (exact) mass is 425 g/mol. The molecule has 1 aliphatic heterocycles. The molecule has 7 heteroatoms. The van der Waals surface area contributed by atoms with Crippen molar-refractivity contribution in [3.8, 4) is 11.5 Å². The first-order chi connectivity index (χ1) is 14.6. The molecule has 1 spiro atoms. The van der Waals surface area contributed by atoms with Crippen molar-refractivity contribution >= 4 is 34.1 Å². The summed E-state index contributed by atoms with van der Waals surface area (Å²) in [6.45, 7) is 0. The second-order valence-corrected chi connectivity index (χ2v) is 8.55. The van der Waals surface area contributed by atoms with Gasteiger partial charge in [0.25, 0.3) is 0 Å². The molecule has 0 atom stereocenters. The summed E-state index contributed by atoms with van der Waals surface area (Å²) in [7, 11) is 3.17. The standard InChI is InChI=1S/C23H27N3O3S/c1-28-16-10-11-19(20(14-16)29-2)24-21(27)15-30-22-17-8-4-5-9-18(17)25-23(26-22)12-6-3-7-13-23/h4-5,8-11,14,25H,3,6-7,12-13,15H2,1-2H3,(H,24,27). The van der Waals surface area contributed by atoms with Gasteiger partial charge in [0.2, 0.25) is 5.91 Å². The third-order valence-electron chi connectivity index (χ3n) is 5.54. The molecule has 0 aromatic heterocycles. The van der Waals surface area contributed by atoms with Crippen LogP contribution in [-0.4, -0.2) is 36.6 Å². The second kappa shape index (κ2) is 9.00. The molecule has 0 saturated heterocycles. The molecule has 1 heterocycles. The number of carbonyl (C=O) groups is 1. The normalized spacial score (nSPS) is 16.8. The highest BCUT2D eigenvalue weighted by atomic mass is 32.2. The van der Waals surface area contributed by atoms with E-state index in [0.29, 0.717) is 17.2 Å². The quantitative estimate of drug-likeness (QED) is 0.712. The predicted octanol–water partition coefficient (Wildman–Crippen LogP) is 4.91. The third-order valence-corrected chi connectivity index (χ3v) is 6.54. The van der Waals surface area contributed by atoms with Crippen molar-refractivity contribution in [2.24, 2.45) is 4.99 Å². The molecule has 1 aliphatic carbocycles. The van der Waals surface area contributed by atoms with Gasteiger partial charge in [0.15, 0.2) is 0 Å². The largest absolute Gasteiger partial charge is 0.497 e. The molecule has 2 N–H and O–H groups in total. The Bertz CT molecular complexity index is 954. The molecule has 0 radical (unpaired) electrons. The second-order valence-electron chi connectivity index (χ2n) is 7.58. The molecule has 0 unspecified atom stereocenters. The van der Waals surface area contributed by atoms with E-state index in [-0.39, 0.29) is 17.3 Å². The fraction of sp³-hybridized carbons (Fsp3) is 0.391. The molecule has 158 valence electrons. The van der Waals surface area contributed by atoms with Crippen LogP contribution in [0.2, 0.25) is 0 Å². The van der Waals surface area contributed by atoms with Crippen molar-refractivity contribution in [1.82, 2.24) is 0 Å². The minimum atomic E-state index is -0.232. The van der Waals surface area contributed by atoms with Crippen molar-refractivity contribution in [3.05, 3.63) is 48.0 Å². The van der Waals surface area contributed by atoms with Crippen molar-refractivity contribution in [1.29, 1.82) is 0 Å². The van der Waals surface area contributed by atoms with E-state index in [1.54, 1.807) is 32.4 Å². The first-order valence-electron chi connectivity index (χ1n) is 10.2. The number of methoxy groups -OCH3 is 2. The number of carbonyl (C=O) groups excluding carboxylic acids is 1. The highest BCUT2D eigenvalue weighted by Gasteiger charge is 2.36. The third kappa shape index (κ3) is 4.41. The topological polar surface area (TPSA) is 72.0 Å². The SMILES string of the molecule is COc1ccc(NC(=O)CSC2=NC3(CCCCC3)Nc3ccccc32)c(OC)c1. The van der Waals surface area contributed by atoms with Gasteiger partial charge in [-0.15, -0.1) is 0 Å². The average molecular weight is 426 g/mol. The Hall–Kier alpha value is -2.67. The van der Waals surface area contributed by atoms with Crippen LogP contribution in [0.15, 0.2) is 47.5 Å². The summed E-state index contributed by atoms with van der Waals surface area (Å²) in [5.41, 5.74) is 2.56. The van der Waals surface area contributed by atoms with E-state index in [2.05, 4.69) is 22.8 Å². The molecule has 0 bridgehead atoms. The molecule has 2 aromatic rings. The maximum atomic E-state index is 12.7. The molecule has 2 aliphatic rings.